The summed E-state index contributed by atoms with van der Waals surface area (Å²) in [6.45, 7) is 1.09. The summed E-state index contributed by atoms with van der Waals surface area (Å²) in [7, 11) is -3.52. The lowest BCUT2D eigenvalue weighted by Crippen LogP contribution is -2.45. The number of ether oxygens (including phenoxy) is 1. The highest BCUT2D eigenvalue weighted by molar-refractivity contribution is 7.89. The van der Waals surface area contributed by atoms with Gasteiger partial charge in [-0.25, -0.2) is 13.4 Å². The highest BCUT2D eigenvalue weighted by atomic mass is 32.2. The topological polar surface area (TPSA) is 98.4 Å². The van der Waals surface area contributed by atoms with Crippen molar-refractivity contribution in [1.82, 2.24) is 14.3 Å². The van der Waals surface area contributed by atoms with Crippen molar-refractivity contribution in [3.63, 3.8) is 0 Å². The molecule has 0 radical (unpaired) electrons. The highest BCUT2D eigenvalue weighted by Crippen LogP contribution is 2.20. The molecule has 7 nitrogen and oxygen atoms in total. The maximum Gasteiger partial charge on any atom is 0.244 e. The molecule has 0 unspecified atom stereocenters. The lowest BCUT2D eigenvalue weighted by Gasteiger charge is -2.32. The lowest BCUT2D eigenvalue weighted by molar-refractivity contribution is -0.00526. The Kier molecular flexibility index (Phi) is 5.08. The number of morpholine rings is 1. The molecule has 0 aromatic carbocycles. The van der Waals surface area contributed by atoms with Crippen molar-refractivity contribution in [1.29, 1.82) is 0 Å². The fourth-order valence-corrected chi connectivity index (χ4v) is 4.13. The fraction of sp³-hybridized carbons (Fsp3) is 0.375. The van der Waals surface area contributed by atoms with Gasteiger partial charge in [-0.05, 0) is 42.7 Å². The minimum Gasteiger partial charge on any atom is -0.384 e. The molecule has 2 aromatic heterocycles. The van der Waals surface area contributed by atoms with E-state index in [-0.39, 0.29) is 11.0 Å². The number of nitrogen functional groups attached to an aromatic ring is 1. The Morgan fingerprint density at radius 2 is 2.21 bits per heavy atom. The van der Waals surface area contributed by atoms with Crippen molar-refractivity contribution in [2.24, 2.45) is 0 Å². The van der Waals surface area contributed by atoms with Crippen molar-refractivity contribution in [3.05, 3.63) is 48.4 Å². The summed E-state index contributed by atoms with van der Waals surface area (Å²) in [6, 6.07) is 6.92. The van der Waals surface area contributed by atoms with E-state index in [2.05, 4.69) is 9.97 Å². The van der Waals surface area contributed by atoms with Crippen LogP contribution in [0.25, 0.3) is 0 Å². The molecular formula is C16H20N4O3S. The van der Waals surface area contributed by atoms with Gasteiger partial charge in [0.15, 0.2) is 0 Å². The zero-order chi connectivity index (χ0) is 17.0. The molecule has 1 fully saturated rings. The lowest BCUT2D eigenvalue weighted by atomic mass is 10.1. The molecule has 0 aliphatic carbocycles. The van der Waals surface area contributed by atoms with Crippen molar-refractivity contribution in [3.8, 4) is 0 Å². The first-order chi connectivity index (χ1) is 11.6. The molecule has 1 aliphatic heterocycles. The standard InChI is InChI=1S/C16H20N4O3S/c17-16-10-13(5-7-19-16)3-4-14-12-20(8-9-23-14)24(21,22)15-2-1-6-18-11-15/h1-2,5-7,10-11,14H,3-4,8-9,12H2,(H2,17,19)/t14-/m1/s1. The molecule has 2 aromatic rings. The second-order valence-corrected chi connectivity index (χ2v) is 7.61. The normalized spacial score (nSPS) is 19.2. The zero-order valence-electron chi connectivity index (χ0n) is 13.2. The van der Waals surface area contributed by atoms with Crippen LogP contribution in [0.1, 0.15) is 12.0 Å². The first kappa shape index (κ1) is 16.8. The SMILES string of the molecule is Nc1cc(CC[C@@H]2CN(S(=O)(=O)c3cccnc3)CCO2)ccn1. The molecule has 0 amide bonds. The Morgan fingerprint density at radius 1 is 1.33 bits per heavy atom. The van der Waals surface area contributed by atoms with Gasteiger partial charge in [0.1, 0.15) is 10.7 Å². The van der Waals surface area contributed by atoms with Gasteiger partial charge >= 0.3 is 0 Å². The minimum absolute atomic E-state index is 0.139. The van der Waals surface area contributed by atoms with E-state index in [4.69, 9.17) is 10.5 Å². The van der Waals surface area contributed by atoms with Crippen LogP contribution in [-0.2, 0) is 21.2 Å². The predicted molar refractivity (Wildman–Crippen MR) is 89.7 cm³/mol. The summed E-state index contributed by atoms with van der Waals surface area (Å²) in [4.78, 5) is 8.08. The summed E-state index contributed by atoms with van der Waals surface area (Å²) in [6.07, 6.45) is 5.95. The molecule has 8 heteroatoms. The summed E-state index contributed by atoms with van der Waals surface area (Å²) in [5, 5.41) is 0. The first-order valence-corrected chi connectivity index (χ1v) is 9.22. The Morgan fingerprint density at radius 3 is 2.96 bits per heavy atom. The summed E-state index contributed by atoms with van der Waals surface area (Å²) in [5.74, 6) is 0.484. The number of nitrogens with two attached hydrogens (primary N) is 1. The molecule has 1 saturated heterocycles. The number of sulfonamides is 1. The summed E-state index contributed by atoms with van der Waals surface area (Å²) in [5.41, 5.74) is 6.74. The van der Waals surface area contributed by atoms with Crippen LogP contribution < -0.4 is 5.73 Å². The molecule has 0 spiro atoms. The Labute approximate surface area is 141 Å². The van der Waals surface area contributed by atoms with Gasteiger partial charge in [0, 0.05) is 31.7 Å². The van der Waals surface area contributed by atoms with Crippen molar-refractivity contribution in [2.75, 3.05) is 25.4 Å². The van der Waals surface area contributed by atoms with Crippen LogP contribution in [0.15, 0.2) is 47.8 Å². The Balaban J connectivity index is 1.64. The van der Waals surface area contributed by atoms with Gasteiger partial charge in [-0.15, -0.1) is 0 Å². The zero-order valence-corrected chi connectivity index (χ0v) is 14.0. The van der Waals surface area contributed by atoms with Crippen molar-refractivity contribution >= 4 is 15.8 Å². The fourth-order valence-electron chi connectivity index (χ4n) is 2.71. The number of pyridine rings is 2. The van der Waals surface area contributed by atoms with Crippen LogP contribution in [0.3, 0.4) is 0 Å². The van der Waals surface area contributed by atoms with Crippen LogP contribution in [0, 0.1) is 0 Å². The smallest absolute Gasteiger partial charge is 0.244 e. The van der Waals surface area contributed by atoms with E-state index in [1.54, 1.807) is 24.5 Å². The minimum atomic E-state index is -3.52. The van der Waals surface area contributed by atoms with Gasteiger partial charge in [0.25, 0.3) is 0 Å². The number of aromatic nitrogens is 2. The number of anilines is 1. The number of hydrogen-bond acceptors (Lipinski definition) is 6. The molecule has 24 heavy (non-hydrogen) atoms. The summed E-state index contributed by atoms with van der Waals surface area (Å²) < 4.78 is 32.5. The molecule has 0 saturated carbocycles. The highest BCUT2D eigenvalue weighted by Gasteiger charge is 2.30. The number of hydrogen-bond donors (Lipinski definition) is 1. The molecule has 3 rings (SSSR count). The van der Waals surface area contributed by atoms with Crippen LogP contribution in [0.4, 0.5) is 5.82 Å². The van der Waals surface area contributed by atoms with E-state index in [1.165, 1.54) is 10.5 Å². The second kappa shape index (κ2) is 7.25. The van der Waals surface area contributed by atoms with E-state index in [1.807, 2.05) is 12.1 Å². The Bertz CT molecular complexity index is 783. The average Bonchev–Trinajstić information content (AvgIpc) is 2.61. The van der Waals surface area contributed by atoms with Gasteiger partial charge in [0.05, 0.1) is 12.7 Å². The van der Waals surface area contributed by atoms with Crippen LogP contribution in [0.2, 0.25) is 0 Å². The van der Waals surface area contributed by atoms with E-state index in [9.17, 15) is 8.42 Å². The maximum absolute atomic E-state index is 12.7. The van der Waals surface area contributed by atoms with Crippen LogP contribution in [-0.4, -0.2) is 48.5 Å². The van der Waals surface area contributed by atoms with Gasteiger partial charge in [-0.2, -0.15) is 4.31 Å². The molecular weight excluding hydrogens is 328 g/mol. The third-order valence-corrected chi connectivity index (χ3v) is 5.82. The van der Waals surface area contributed by atoms with E-state index >= 15 is 0 Å². The number of rotatable bonds is 5. The third kappa shape index (κ3) is 3.89. The summed E-state index contributed by atoms with van der Waals surface area (Å²) >= 11 is 0. The van der Waals surface area contributed by atoms with E-state index in [0.717, 1.165) is 18.4 Å². The van der Waals surface area contributed by atoms with Crippen LogP contribution >= 0.6 is 0 Å². The van der Waals surface area contributed by atoms with Gasteiger partial charge in [-0.1, -0.05) is 0 Å². The number of aryl methyl sites for hydroxylation is 1. The average molecular weight is 348 g/mol. The number of nitrogens with zero attached hydrogens (tertiary/aromatic N) is 3. The Hall–Kier alpha value is -2.03. The molecule has 1 aliphatic rings. The molecule has 0 bridgehead atoms. The monoisotopic (exact) mass is 348 g/mol. The van der Waals surface area contributed by atoms with Crippen LogP contribution in [0.5, 0.6) is 0 Å². The quantitative estimate of drug-likeness (QED) is 0.868. The van der Waals surface area contributed by atoms with Gasteiger partial charge in [-0.3, -0.25) is 4.98 Å². The van der Waals surface area contributed by atoms with Gasteiger partial charge < -0.3 is 10.5 Å². The molecule has 3 heterocycles. The van der Waals surface area contributed by atoms with Crippen molar-refractivity contribution < 1.29 is 13.2 Å². The van der Waals surface area contributed by atoms with E-state index in [0.29, 0.717) is 25.5 Å². The maximum atomic E-state index is 12.7. The van der Waals surface area contributed by atoms with Gasteiger partial charge in [0.2, 0.25) is 10.0 Å². The first-order valence-electron chi connectivity index (χ1n) is 7.78. The van der Waals surface area contributed by atoms with Crippen molar-refractivity contribution in [2.45, 2.75) is 23.8 Å². The second-order valence-electron chi connectivity index (χ2n) is 5.67. The molecule has 2 N–H and O–H groups in total. The largest absolute Gasteiger partial charge is 0.384 e. The predicted octanol–water partition coefficient (Wildman–Crippen LogP) is 1.08. The third-order valence-electron chi connectivity index (χ3n) is 3.97. The molecule has 128 valence electrons. The molecule has 1 atom stereocenters. The van der Waals surface area contributed by atoms with E-state index < -0.39 is 10.0 Å².